The molecule has 0 radical (unpaired) electrons. The maximum absolute atomic E-state index is 10.8. The van der Waals surface area contributed by atoms with Gasteiger partial charge < -0.3 is 10.0 Å². The van der Waals surface area contributed by atoms with Crippen LogP contribution < -0.4 is 4.90 Å². The average Bonchev–Trinajstić information content (AvgIpc) is 2.40. The maximum Gasteiger partial charge on any atom is 0.356 e. The molecule has 1 aromatic carbocycles. The number of aromatic nitrogens is 2. The van der Waals surface area contributed by atoms with Crippen LogP contribution in [0.4, 0.5) is 11.5 Å². The molecule has 0 aliphatic heterocycles. The highest BCUT2D eigenvalue weighted by molar-refractivity contribution is 5.85. The molecule has 0 bridgehead atoms. The van der Waals surface area contributed by atoms with Crippen molar-refractivity contribution in [2.24, 2.45) is 0 Å². The quantitative estimate of drug-likeness (QED) is 0.912. The lowest BCUT2D eigenvalue weighted by Gasteiger charge is -2.22. The molecule has 0 saturated heterocycles. The van der Waals surface area contributed by atoms with Crippen LogP contribution in [0.15, 0.2) is 36.7 Å². The molecule has 0 unspecified atom stereocenters. The van der Waals surface area contributed by atoms with Crippen LogP contribution in [0, 0.1) is 6.92 Å². The summed E-state index contributed by atoms with van der Waals surface area (Å²) in [4.78, 5) is 20.8. The van der Waals surface area contributed by atoms with Crippen molar-refractivity contribution in [1.29, 1.82) is 0 Å². The molecule has 2 aromatic rings. The lowest BCUT2D eigenvalue weighted by molar-refractivity contribution is 0.0690. The Labute approximate surface area is 111 Å². The molecule has 2 rings (SSSR count). The first kappa shape index (κ1) is 13.0. The van der Waals surface area contributed by atoms with E-state index in [4.69, 9.17) is 5.11 Å². The van der Waals surface area contributed by atoms with Gasteiger partial charge in [0.1, 0.15) is 0 Å². The zero-order chi connectivity index (χ0) is 13.8. The van der Waals surface area contributed by atoms with E-state index in [1.807, 2.05) is 36.9 Å². The molecule has 1 N–H and O–H groups in total. The van der Waals surface area contributed by atoms with Gasteiger partial charge in [-0.15, -0.1) is 0 Å². The van der Waals surface area contributed by atoms with Crippen LogP contribution in [0.25, 0.3) is 0 Å². The molecule has 19 heavy (non-hydrogen) atoms. The molecule has 0 spiro atoms. The van der Waals surface area contributed by atoms with E-state index in [-0.39, 0.29) is 5.69 Å². The standard InChI is InChI=1S/C14H15N3O2/c1-3-17(11-6-4-5-10(2)7-11)13-9-15-12(8-16-13)14(18)19/h4-9H,3H2,1-2H3,(H,18,19). The van der Waals surface area contributed by atoms with Crippen molar-refractivity contribution in [3.63, 3.8) is 0 Å². The van der Waals surface area contributed by atoms with Crippen molar-refractivity contribution in [1.82, 2.24) is 9.97 Å². The van der Waals surface area contributed by atoms with Crippen molar-refractivity contribution in [2.75, 3.05) is 11.4 Å². The van der Waals surface area contributed by atoms with Crippen LogP contribution >= 0.6 is 0 Å². The summed E-state index contributed by atoms with van der Waals surface area (Å²) in [5.74, 6) is -0.434. The number of aryl methyl sites for hydroxylation is 1. The summed E-state index contributed by atoms with van der Waals surface area (Å²) >= 11 is 0. The van der Waals surface area contributed by atoms with E-state index >= 15 is 0 Å². The lowest BCUT2D eigenvalue weighted by Crippen LogP contribution is -2.18. The summed E-state index contributed by atoms with van der Waals surface area (Å²) in [6.07, 6.45) is 2.76. The number of hydrogen-bond acceptors (Lipinski definition) is 4. The van der Waals surface area contributed by atoms with E-state index < -0.39 is 5.97 Å². The molecule has 0 amide bonds. The van der Waals surface area contributed by atoms with Gasteiger partial charge in [-0.05, 0) is 31.5 Å². The fourth-order valence-electron chi connectivity index (χ4n) is 1.84. The lowest BCUT2D eigenvalue weighted by atomic mass is 10.2. The highest BCUT2D eigenvalue weighted by Gasteiger charge is 2.11. The number of nitrogens with zero attached hydrogens (tertiary/aromatic N) is 3. The summed E-state index contributed by atoms with van der Waals surface area (Å²) in [6, 6.07) is 8.04. The zero-order valence-corrected chi connectivity index (χ0v) is 10.9. The SMILES string of the molecule is CCN(c1cccc(C)c1)c1cnc(C(=O)O)cn1. The molecule has 5 heteroatoms. The van der Waals surface area contributed by atoms with Crippen LogP contribution in [-0.2, 0) is 0 Å². The second-order valence-corrected chi connectivity index (χ2v) is 4.15. The molecule has 0 saturated carbocycles. The van der Waals surface area contributed by atoms with Crippen molar-refractivity contribution in [3.05, 3.63) is 47.9 Å². The topological polar surface area (TPSA) is 66.3 Å². The average molecular weight is 257 g/mol. The molecule has 5 nitrogen and oxygen atoms in total. The first-order valence-corrected chi connectivity index (χ1v) is 6.01. The van der Waals surface area contributed by atoms with Crippen molar-refractivity contribution in [3.8, 4) is 0 Å². The summed E-state index contributed by atoms with van der Waals surface area (Å²) in [6.45, 7) is 4.76. The van der Waals surface area contributed by atoms with Crippen LogP contribution in [0.5, 0.6) is 0 Å². The predicted octanol–water partition coefficient (Wildman–Crippen LogP) is 2.64. The molecule has 0 fully saturated rings. The zero-order valence-electron chi connectivity index (χ0n) is 10.9. The summed E-state index contributed by atoms with van der Waals surface area (Å²) in [5.41, 5.74) is 2.12. The van der Waals surface area contributed by atoms with E-state index in [0.29, 0.717) is 5.82 Å². The fourth-order valence-corrected chi connectivity index (χ4v) is 1.84. The molecule has 0 aliphatic rings. The number of carboxylic acids is 1. The van der Waals surface area contributed by atoms with Crippen molar-refractivity contribution < 1.29 is 9.90 Å². The van der Waals surface area contributed by atoms with Crippen LogP contribution in [0.1, 0.15) is 23.0 Å². The van der Waals surface area contributed by atoms with Gasteiger partial charge in [-0.25, -0.2) is 14.8 Å². The minimum Gasteiger partial charge on any atom is -0.476 e. The Morgan fingerprint density at radius 2 is 2.11 bits per heavy atom. The third kappa shape index (κ3) is 2.88. The van der Waals surface area contributed by atoms with Gasteiger partial charge in [0.25, 0.3) is 0 Å². The molecular weight excluding hydrogens is 242 g/mol. The third-order valence-corrected chi connectivity index (χ3v) is 2.76. The summed E-state index contributed by atoms with van der Waals surface area (Å²) in [5, 5.41) is 8.81. The van der Waals surface area contributed by atoms with Gasteiger partial charge in [-0.3, -0.25) is 0 Å². The van der Waals surface area contributed by atoms with Crippen LogP contribution in [0.2, 0.25) is 0 Å². The Balaban J connectivity index is 2.34. The van der Waals surface area contributed by atoms with E-state index in [2.05, 4.69) is 16.0 Å². The number of carbonyl (C=O) groups is 1. The second-order valence-electron chi connectivity index (χ2n) is 4.15. The number of hydrogen-bond donors (Lipinski definition) is 1. The van der Waals surface area contributed by atoms with E-state index in [1.165, 1.54) is 12.4 Å². The number of anilines is 2. The Morgan fingerprint density at radius 1 is 1.32 bits per heavy atom. The largest absolute Gasteiger partial charge is 0.476 e. The minimum atomic E-state index is -1.07. The van der Waals surface area contributed by atoms with Crippen LogP contribution in [-0.4, -0.2) is 27.6 Å². The van der Waals surface area contributed by atoms with E-state index in [9.17, 15) is 4.79 Å². The van der Waals surface area contributed by atoms with Gasteiger partial charge in [0.15, 0.2) is 11.5 Å². The number of carboxylic acid groups (broad SMARTS) is 1. The smallest absolute Gasteiger partial charge is 0.356 e. The van der Waals surface area contributed by atoms with Crippen molar-refractivity contribution >= 4 is 17.5 Å². The van der Waals surface area contributed by atoms with Gasteiger partial charge in [-0.1, -0.05) is 12.1 Å². The molecule has 1 heterocycles. The first-order chi connectivity index (χ1) is 9.11. The fraction of sp³-hybridized carbons (Fsp3) is 0.214. The molecule has 98 valence electrons. The van der Waals surface area contributed by atoms with E-state index in [1.54, 1.807) is 0 Å². The summed E-state index contributed by atoms with van der Waals surface area (Å²) < 4.78 is 0. The second kappa shape index (κ2) is 5.48. The maximum atomic E-state index is 10.8. The Bertz CT molecular complexity index is 581. The Kier molecular flexibility index (Phi) is 3.75. The Hall–Kier alpha value is -2.43. The predicted molar refractivity (Wildman–Crippen MR) is 72.9 cm³/mol. The minimum absolute atomic E-state index is 0.0518. The number of benzene rings is 1. The number of aromatic carboxylic acids is 1. The van der Waals surface area contributed by atoms with Gasteiger partial charge >= 0.3 is 5.97 Å². The first-order valence-electron chi connectivity index (χ1n) is 6.01. The van der Waals surface area contributed by atoms with Gasteiger partial charge in [0.05, 0.1) is 12.4 Å². The van der Waals surface area contributed by atoms with Gasteiger partial charge in [0, 0.05) is 12.2 Å². The van der Waals surface area contributed by atoms with Gasteiger partial charge in [-0.2, -0.15) is 0 Å². The summed E-state index contributed by atoms with van der Waals surface area (Å²) in [7, 11) is 0. The van der Waals surface area contributed by atoms with Crippen molar-refractivity contribution in [2.45, 2.75) is 13.8 Å². The van der Waals surface area contributed by atoms with Crippen LogP contribution in [0.3, 0.4) is 0 Å². The van der Waals surface area contributed by atoms with E-state index in [0.717, 1.165) is 17.8 Å². The monoisotopic (exact) mass is 257 g/mol. The molecule has 0 aliphatic carbocycles. The molecule has 1 aromatic heterocycles. The Morgan fingerprint density at radius 3 is 2.63 bits per heavy atom. The number of rotatable bonds is 4. The highest BCUT2D eigenvalue weighted by atomic mass is 16.4. The molecule has 0 atom stereocenters. The molecular formula is C14H15N3O2. The third-order valence-electron chi connectivity index (χ3n) is 2.76. The normalized spacial score (nSPS) is 10.2. The highest BCUT2D eigenvalue weighted by Crippen LogP contribution is 2.23. The van der Waals surface area contributed by atoms with Gasteiger partial charge in [0.2, 0.25) is 0 Å².